The predicted octanol–water partition coefficient (Wildman–Crippen LogP) is 3.40. The summed E-state index contributed by atoms with van der Waals surface area (Å²) in [4.78, 5) is 45.7. The lowest BCUT2D eigenvalue weighted by molar-refractivity contribution is 0.0648. The highest BCUT2D eigenvalue weighted by Crippen LogP contribution is 2.24. The lowest BCUT2D eigenvalue weighted by Crippen LogP contribution is -2.31. The molecule has 0 atom stereocenters. The van der Waals surface area contributed by atoms with Crippen LogP contribution in [0.4, 0.5) is 5.95 Å². The summed E-state index contributed by atoms with van der Waals surface area (Å²) in [6.07, 6.45) is 2.19. The maximum Gasteiger partial charge on any atom is 0.270 e. The molecule has 170 valence electrons. The maximum atomic E-state index is 12.7. The maximum absolute atomic E-state index is 12.7. The van der Waals surface area contributed by atoms with E-state index >= 15 is 0 Å². The topological polar surface area (TPSA) is 131 Å². The first kappa shape index (κ1) is 22.6. The molecule has 2 heterocycles. The minimum absolute atomic E-state index is 0.0615. The third-order valence-electron chi connectivity index (χ3n) is 5.39. The van der Waals surface area contributed by atoms with E-state index in [1.54, 1.807) is 42.5 Å². The van der Waals surface area contributed by atoms with Gasteiger partial charge in [0.25, 0.3) is 17.4 Å². The number of aromatic amines is 1. The number of hydrazone groups is 1. The number of fused-ring (bicyclic) bond motifs is 1. The Morgan fingerprint density at radius 1 is 1.12 bits per heavy atom. The third kappa shape index (κ3) is 4.47. The minimum Gasteiger partial charge on any atom is -0.290 e. The molecule has 1 aliphatic heterocycles. The lowest BCUT2D eigenvalue weighted by atomic mass is 10.1. The summed E-state index contributed by atoms with van der Waals surface area (Å²) in [7, 11) is 0. The van der Waals surface area contributed by atoms with Crippen LogP contribution in [0.15, 0.2) is 58.4 Å². The fourth-order valence-corrected chi connectivity index (χ4v) is 3.58. The summed E-state index contributed by atoms with van der Waals surface area (Å²) in [6, 6.07) is 15.7. The molecular formula is C25H22N6O3. The van der Waals surface area contributed by atoms with Crippen molar-refractivity contribution in [2.75, 3.05) is 12.0 Å². The van der Waals surface area contributed by atoms with Crippen LogP contribution in [-0.4, -0.2) is 39.4 Å². The first-order valence-corrected chi connectivity index (χ1v) is 10.8. The van der Waals surface area contributed by atoms with Crippen molar-refractivity contribution in [1.29, 1.82) is 5.26 Å². The van der Waals surface area contributed by atoms with Crippen LogP contribution in [0.25, 0.3) is 11.3 Å². The highest BCUT2D eigenvalue weighted by atomic mass is 16.2. The van der Waals surface area contributed by atoms with Gasteiger partial charge in [0.15, 0.2) is 0 Å². The van der Waals surface area contributed by atoms with Crippen molar-refractivity contribution in [1.82, 2.24) is 14.9 Å². The number of benzene rings is 2. The van der Waals surface area contributed by atoms with E-state index < -0.39 is 5.56 Å². The molecule has 0 spiro atoms. The number of carbonyl (C=O) groups excluding carboxylic acids is 2. The smallest absolute Gasteiger partial charge is 0.270 e. The van der Waals surface area contributed by atoms with Crippen molar-refractivity contribution < 1.29 is 9.59 Å². The van der Waals surface area contributed by atoms with E-state index in [9.17, 15) is 19.6 Å². The normalized spacial score (nSPS) is 12.9. The number of hydrogen-bond acceptors (Lipinski definition) is 7. The van der Waals surface area contributed by atoms with Crippen molar-refractivity contribution in [3.8, 4) is 17.3 Å². The van der Waals surface area contributed by atoms with Crippen LogP contribution >= 0.6 is 0 Å². The van der Waals surface area contributed by atoms with Gasteiger partial charge in [0.05, 0.1) is 23.0 Å². The summed E-state index contributed by atoms with van der Waals surface area (Å²) in [6.45, 7) is 4.47. The molecule has 0 saturated carbocycles. The van der Waals surface area contributed by atoms with Crippen molar-refractivity contribution in [2.45, 2.75) is 20.3 Å². The molecule has 2 amide bonds. The standard InChI is InChI=1S/C25H22N6O3/c1-15(2)10-11-31-23(33)18-9-8-16(12-19(18)24(31)34)14-27-30-25-28-21(17-6-4-3-5-7-17)20(13-26)22(32)29-25/h3-9,12,14-15H,10-11H2,1-2H3,(H2,28,29,30,32). The summed E-state index contributed by atoms with van der Waals surface area (Å²) >= 11 is 0. The van der Waals surface area contributed by atoms with Gasteiger partial charge in [0.2, 0.25) is 5.95 Å². The zero-order valence-corrected chi connectivity index (χ0v) is 18.7. The second-order valence-corrected chi connectivity index (χ2v) is 8.24. The fourth-order valence-electron chi connectivity index (χ4n) is 3.58. The number of anilines is 1. The summed E-state index contributed by atoms with van der Waals surface area (Å²) in [5.74, 6) is -0.154. The highest BCUT2D eigenvalue weighted by Gasteiger charge is 2.35. The minimum atomic E-state index is -0.586. The number of amides is 2. The van der Waals surface area contributed by atoms with Crippen LogP contribution < -0.4 is 11.0 Å². The molecule has 0 unspecified atom stereocenters. The molecular weight excluding hydrogens is 432 g/mol. The van der Waals surface area contributed by atoms with Gasteiger partial charge in [0, 0.05) is 12.1 Å². The molecule has 0 saturated heterocycles. The summed E-state index contributed by atoms with van der Waals surface area (Å²) < 4.78 is 0. The van der Waals surface area contributed by atoms with Crippen molar-refractivity contribution in [3.63, 3.8) is 0 Å². The van der Waals surface area contributed by atoms with Crippen LogP contribution in [0, 0.1) is 17.2 Å². The Hall–Kier alpha value is -4.58. The Balaban J connectivity index is 1.54. The van der Waals surface area contributed by atoms with E-state index in [0.717, 1.165) is 6.42 Å². The molecule has 0 radical (unpaired) electrons. The Labute approximate surface area is 195 Å². The fraction of sp³-hybridized carbons (Fsp3) is 0.200. The second kappa shape index (κ2) is 9.50. The molecule has 1 aliphatic rings. The number of aromatic nitrogens is 2. The van der Waals surface area contributed by atoms with Crippen LogP contribution in [0.1, 0.15) is 52.1 Å². The molecule has 0 aliphatic carbocycles. The first-order chi connectivity index (χ1) is 16.4. The number of nitriles is 1. The van der Waals surface area contributed by atoms with Gasteiger partial charge in [-0.2, -0.15) is 10.4 Å². The third-order valence-corrected chi connectivity index (χ3v) is 5.39. The Bertz CT molecular complexity index is 1390. The predicted molar refractivity (Wildman–Crippen MR) is 127 cm³/mol. The molecule has 0 bridgehead atoms. The first-order valence-electron chi connectivity index (χ1n) is 10.8. The van der Waals surface area contributed by atoms with Crippen molar-refractivity contribution in [2.24, 2.45) is 11.0 Å². The van der Waals surface area contributed by atoms with Gasteiger partial charge in [-0.05, 0) is 30.0 Å². The molecule has 0 fully saturated rings. The van der Waals surface area contributed by atoms with E-state index in [-0.39, 0.29) is 29.0 Å². The number of H-pyrrole nitrogens is 1. The zero-order chi connectivity index (χ0) is 24.2. The number of carbonyl (C=O) groups is 2. The van der Waals surface area contributed by atoms with E-state index in [1.165, 1.54) is 11.1 Å². The van der Waals surface area contributed by atoms with Gasteiger partial charge in [-0.3, -0.25) is 24.3 Å². The van der Waals surface area contributed by atoms with Gasteiger partial charge < -0.3 is 0 Å². The van der Waals surface area contributed by atoms with E-state index in [4.69, 9.17) is 0 Å². The summed E-state index contributed by atoms with van der Waals surface area (Å²) in [5.41, 5.74) is 4.16. The molecule has 9 nitrogen and oxygen atoms in total. The van der Waals surface area contributed by atoms with Crippen LogP contribution in [0.3, 0.4) is 0 Å². The average molecular weight is 454 g/mol. The zero-order valence-electron chi connectivity index (χ0n) is 18.7. The van der Waals surface area contributed by atoms with Crippen LogP contribution in [0.2, 0.25) is 0 Å². The molecule has 2 N–H and O–H groups in total. The molecule has 1 aromatic heterocycles. The second-order valence-electron chi connectivity index (χ2n) is 8.24. The van der Waals surface area contributed by atoms with Gasteiger partial charge in [-0.1, -0.05) is 50.2 Å². The van der Waals surface area contributed by atoms with Crippen molar-refractivity contribution in [3.05, 3.63) is 81.1 Å². The van der Waals surface area contributed by atoms with E-state index in [2.05, 4.69) is 20.5 Å². The summed E-state index contributed by atoms with van der Waals surface area (Å²) in [5, 5.41) is 13.4. The Morgan fingerprint density at radius 3 is 2.56 bits per heavy atom. The Kier molecular flexibility index (Phi) is 6.32. The highest BCUT2D eigenvalue weighted by molar-refractivity contribution is 6.21. The number of hydrogen-bond donors (Lipinski definition) is 2. The number of nitrogens with zero attached hydrogens (tertiary/aromatic N) is 4. The average Bonchev–Trinajstić information content (AvgIpc) is 3.07. The van der Waals surface area contributed by atoms with Gasteiger partial charge in [-0.25, -0.2) is 10.4 Å². The van der Waals surface area contributed by atoms with Gasteiger partial charge in [0.1, 0.15) is 11.6 Å². The number of imide groups is 1. The van der Waals surface area contributed by atoms with E-state index in [1.807, 2.05) is 26.0 Å². The van der Waals surface area contributed by atoms with Crippen LogP contribution in [0.5, 0.6) is 0 Å². The van der Waals surface area contributed by atoms with Crippen LogP contribution in [-0.2, 0) is 0 Å². The van der Waals surface area contributed by atoms with Crippen molar-refractivity contribution >= 4 is 24.0 Å². The quantitative estimate of drug-likeness (QED) is 0.320. The molecule has 9 heteroatoms. The largest absolute Gasteiger partial charge is 0.290 e. The monoisotopic (exact) mass is 454 g/mol. The molecule has 2 aromatic carbocycles. The molecule has 4 rings (SSSR count). The molecule has 3 aromatic rings. The molecule has 34 heavy (non-hydrogen) atoms. The number of nitrogens with one attached hydrogen (secondary N) is 2. The Morgan fingerprint density at radius 2 is 1.85 bits per heavy atom. The lowest BCUT2D eigenvalue weighted by Gasteiger charge is -2.14. The SMILES string of the molecule is CC(C)CCN1C(=O)c2ccc(C=NNc3nc(-c4ccccc4)c(C#N)c(=O)[nH]3)cc2C1=O. The number of rotatable bonds is 7. The van der Waals surface area contributed by atoms with Gasteiger partial charge >= 0.3 is 0 Å². The van der Waals surface area contributed by atoms with Gasteiger partial charge in [-0.15, -0.1) is 0 Å². The van der Waals surface area contributed by atoms with E-state index in [0.29, 0.717) is 34.7 Å².